The Bertz CT molecular complexity index is 2350. The quantitative estimate of drug-likeness (QED) is 0.230. The molecule has 0 aliphatic carbocycles. The number of nitriles is 1. The van der Waals surface area contributed by atoms with Crippen molar-refractivity contribution in [3.63, 3.8) is 0 Å². The van der Waals surface area contributed by atoms with Gasteiger partial charge in [0.05, 0.1) is 26.9 Å². The molecule has 1 amide bonds. The molecule has 0 saturated carbocycles. The lowest BCUT2D eigenvalue weighted by molar-refractivity contribution is 0.107. The summed E-state index contributed by atoms with van der Waals surface area (Å²) < 4.78 is 54.4. The number of hydrogen-bond acceptors (Lipinski definition) is 11. The molecule has 4 atom stereocenters. The first-order chi connectivity index (χ1) is 25.0. The highest BCUT2D eigenvalue weighted by Crippen LogP contribution is 2.47. The molecule has 4 aliphatic rings. The molecular weight excluding hydrogens is 717 g/mol. The monoisotopic (exact) mass is 748 g/mol. The van der Waals surface area contributed by atoms with Crippen molar-refractivity contribution in [2.24, 2.45) is 5.92 Å². The molecule has 17 heteroatoms. The van der Waals surface area contributed by atoms with E-state index in [1.807, 2.05) is 11.0 Å². The van der Waals surface area contributed by atoms with Gasteiger partial charge in [-0.25, -0.2) is 22.9 Å². The molecule has 7 heterocycles. The molecule has 52 heavy (non-hydrogen) atoms. The number of alkyl halides is 1. The second-order valence-corrected chi connectivity index (χ2v) is 15.6. The number of fused-ring (bicyclic) bond motifs is 4. The van der Waals surface area contributed by atoms with Gasteiger partial charge in [0.25, 0.3) is 0 Å². The fourth-order valence-electron chi connectivity index (χ4n) is 8.81. The SMILES string of the molecule is Cc1ncn(C(=O)N2CC3CCN(c4nc(OC[C@@]56CCCN5C[C@H](F)C6)nc5c(F)c(-c6ccc(F)c7sc(N)c(C#N)c67)c(Cl)cc45)C3C2)n1. The molecule has 12 nitrogen and oxygen atoms in total. The lowest BCUT2D eigenvalue weighted by Crippen LogP contribution is -2.43. The van der Waals surface area contributed by atoms with Gasteiger partial charge in [0.15, 0.2) is 5.82 Å². The number of carbonyl (C=O) groups is 1. The smallest absolute Gasteiger partial charge is 0.346 e. The number of aryl methyl sites for hydroxylation is 1. The zero-order chi connectivity index (χ0) is 36.1. The predicted molar refractivity (Wildman–Crippen MR) is 189 cm³/mol. The molecule has 0 spiro atoms. The number of aromatic nitrogens is 5. The van der Waals surface area contributed by atoms with E-state index in [9.17, 15) is 18.8 Å². The summed E-state index contributed by atoms with van der Waals surface area (Å²) in [6, 6.07) is 5.66. The number of nitrogens with zero attached hydrogens (tertiary/aromatic N) is 9. The topological polar surface area (TPSA) is 142 Å². The number of benzene rings is 2. The Balaban J connectivity index is 1.16. The van der Waals surface area contributed by atoms with Crippen LogP contribution in [-0.2, 0) is 0 Å². The molecule has 0 radical (unpaired) electrons. The van der Waals surface area contributed by atoms with Crippen LogP contribution in [0.15, 0.2) is 24.5 Å². The van der Waals surface area contributed by atoms with Crippen molar-refractivity contribution in [3.05, 3.63) is 52.6 Å². The van der Waals surface area contributed by atoms with Crippen LogP contribution in [0.25, 0.3) is 32.1 Å². The van der Waals surface area contributed by atoms with Crippen molar-refractivity contribution in [1.29, 1.82) is 5.26 Å². The zero-order valence-electron chi connectivity index (χ0n) is 28.0. The van der Waals surface area contributed by atoms with Crippen molar-refractivity contribution in [1.82, 2.24) is 34.5 Å². The molecule has 2 aromatic carbocycles. The molecule has 3 aromatic heterocycles. The number of hydrogen-bond donors (Lipinski definition) is 1. The Kier molecular flexibility index (Phi) is 7.76. The van der Waals surface area contributed by atoms with Crippen LogP contribution in [0, 0.1) is 35.8 Å². The third-order valence-electron chi connectivity index (χ3n) is 11.2. The fourth-order valence-corrected chi connectivity index (χ4v) is 10.1. The molecule has 2 N–H and O–H groups in total. The van der Waals surface area contributed by atoms with Crippen molar-refractivity contribution in [2.75, 3.05) is 50.0 Å². The third kappa shape index (κ3) is 5.07. The Labute approximate surface area is 304 Å². The summed E-state index contributed by atoms with van der Waals surface area (Å²) >= 11 is 7.82. The summed E-state index contributed by atoms with van der Waals surface area (Å²) in [5, 5.41) is 14.7. The lowest BCUT2D eigenvalue weighted by atomic mass is 9.95. The molecule has 2 unspecified atom stereocenters. The summed E-state index contributed by atoms with van der Waals surface area (Å²) in [5.74, 6) is -0.412. The Morgan fingerprint density at radius 2 is 2.08 bits per heavy atom. The number of halogens is 4. The summed E-state index contributed by atoms with van der Waals surface area (Å²) in [4.78, 5) is 32.7. The first-order valence-electron chi connectivity index (χ1n) is 17.1. The molecule has 4 aliphatic heterocycles. The van der Waals surface area contributed by atoms with E-state index in [-0.39, 0.29) is 72.9 Å². The Hall–Kier alpha value is -4.72. The number of nitrogens with two attached hydrogens (primary N) is 1. The summed E-state index contributed by atoms with van der Waals surface area (Å²) in [7, 11) is 0. The van der Waals surface area contributed by atoms with Gasteiger partial charge in [-0.2, -0.15) is 19.9 Å². The van der Waals surface area contributed by atoms with Gasteiger partial charge in [-0.15, -0.1) is 16.4 Å². The normalized spacial score (nSPS) is 24.3. The number of thiophene rings is 1. The predicted octanol–water partition coefficient (Wildman–Crippen LogP) is 5.93. The van der Waals surface area contributed by atoms with Crippen LogP contribution in [-0.4, -0.2) is 97.6 Å². The van der Waals surface area contributed by atoms with Crippen LogP contribution in [0.2, 0.25) is 5.02 Å². The van der Waals surface area contributed by atoms with Gasteiger partial charge < -0.3 is 20.3 Å². The van der Waals surface area contributed by atoms with E-state index in [0.29, 0.717) is 49.6 Å². The molecule has 4 saturated heterocycles. The van der Waals surface area contributed by atoms with E-state index >= 15 is 4.39 Å². The maximum Gasteiger partial charge on any atom is 0.346 e. The average Bonchev–Trinajstić information content (AvgIpc) is 3.96. The van der Waals surface area contributed by atoms with Gasteiger partial charge >= 0.3 is 12.0 Å². The van der Waals surface area contributed by atoms with E-state index in [2.05, 4.69) is 20.0 Å². The minimum Gasteiger partial charge on any atom is -0.461 e. The number of ether oxygens (including phenoxy) is 1. The lowest BCUT2D eigenvalue weighted by Gasteiger charge is -2.31. The molecule has 268 valence electrons. The van der Waals surface area contributed by atoms with Gasteiger partial charge in [0.1, 0.15) is 53.2 Å². The largest absolute Gasteiger partial charge is 0.461 e. The second kappa shape index (κ2) is 12.2. The number of likely N-dealkylation sites (tertiary alicyclic amines) is 1. The summed E-state index contributed by atoms with van der Waals surface area (Å²) in [6.45, 7) is 4.40. The fraction of sp³-hybridized carbons (Fsp3) is 0.429. The van der Waals surface area contributed by atoms with Crippen molar-refractivity contribution < 1.29 is 22.7 Å². The number of carbonyl (C=O) groups excluding carboxylic acids is 1. The van der Waals surface area contributed by atoms with Gasteiger partial charge in [-0.1, -0.05) is 17.7 Å². The highest BCUT2D eigenvalue weighted by molar-refractivity contribution is 7.23. The maximum atomic E-state index is 17.2. The number of rotatable bonds is 5. The van der Waals surface area contributed by atoms with Crippen LogP contribution in [0.4, 0.5) is 28.8 Å². The standard InChI is InChI=1S/C35H32ClF3N10O2S/c1-17-42-16-49(45-17)34(50)46-12-18-5-8-48(25(18)14-46)32-21-9-23(36)27(20-3-4-24(38)30-26(20)22(11-40)31(41)52-30)28(39)29(21)43-33(44-32)51-15-35-6-2-7-47(35)13-19(37)10-35/h3-4,9,16,18-19,25H,2,5-8,10,12-15,41H2,1H3/t18?,19-,25?,35+/m1/s1. The average molecular weight is 749 g/mol. The summed E-state index contributed by atoms with van der Waals surface area (Å²) in [5.41, 5.74) is 5.67. The number of anilines is 2. The van der Waals surface area contributed by atoms with Crippen molar-refractivity contribution in [2.45, 2.75) is 50.4 Å². The zero-order valence-corrected chi connectivity index (χ0v) is 29.5. The van der Waals surface area contributed by atoms with Crippen molar-refractivity contribution in [3.8, 4) is 23.2 Å². The molecule has 0 bridgehead atoms. The van der Waals surface area contributed by atoms with Crippen LogP contribution in [0.1, 0.15) is 37.1 Å². The van der Waals surface area contributed by atoms with E-state index in [1.54, 1.807) is 17.9 Å². The molecular formula is C35H32ClF3N10O2S. The molecule has 9 rings (SSSR count). The van der Waals surface area contributed by atoms with E-state index in [4.69, 9.17) is 27.1 Å². The van der Waals surface area contributed by atoms with Crippen LogP contribution in [0.5, 0.6) is 6.01 Å². The highest BCUT2D eigenvalue weighted by atomic mass is 35.5. The highest BCUT2D eigenvalue weighted by Gasteiger charge is 2.50. The third-order valence-corrected chi connectivity index (χ3v) is 12.5. The summed E-state index contributed by atoms with van der Waals surface area (Å²) in [6.07, 6.45) is 3.19. The van der Waals surface area contributed by atoms with E-state index in [0.717, 1.165) is 37.1 Å². The molecule has 4 fully saturated rings. The number of amides is 1. The van der Waals surface area contributed by atoms with Crippen molar-refractivity contribution >= 4 is 60.8 Å². The Morgan fingerprint density at radius 3 is 2.87 bits per heavy atom. The van der Waals surface area contributed by atoms with Crippen LogP contribution < -0.4 is 15.4 Å². The van der Waals surface area contributed by atoms with E-state index < -0.39 is 23.3 Å². The van der Waals surface area contributed by atoms with Gasteiger partial charge in [-0.05, 0) is 50.4 Å². The van der Waals surface area contributed by atoms with E-state index in [1.165, 1.54) is 23.1 Å². The van der Waals surface area contributed by atoms with Crippen LogP contribution >= 0.6 is 22.9 Å². The first kappa shape index (κ1) is 33.1. The first-order valence-corrected chi connectivity index (χ1v) is 18.3. The minimum absolute atomic E-state index is 0.00559. The van der Waals surface area contributed by atoms with Gasteiger partial charge in [-0.3, -0.25) is 4.90 Å². The minimum atomic E-state index is -0.966. The van der Waals surface area contributed by atoms with Gasteiger partial charge in [0.2, 0.25) is 0 Å². The second-order valence-electron chi connectivity index (χ2n) is 14.1. The van der Waals surface area contributed by atoms with Gasteiger partial charge in [0, 0.05) is 54.9 Å². The number of nitrogen functional groups attached to an aromatic ring is 1. The van der Waals surface area contributed by atoms with Crippen LogP contribution in [0.3, 0.4) is 0 Å². The Morgan fingerprint density at radius 1 is 1.23 bits per heavy atom. The molecule has 5 aromatic rings. The maximum absolute atomic E-state index is 17.2.